The first-order valence-corrected chi connectivity index (χ1v) is 12.2. The lowest BCUT2D eigenvalue weighted by atomic mass is 9.98. The van der Waals surface area contributed by atoms with Gasteiger partial charge in [0.15, 0.2) is 0 Å². The number of hydrogen-bond donors (Lipinski definition) is 2. The molecule has 4 heterocycles. The molecule has 10 heteroatoms. The molecule has 1 aromatic carbocycles. The van der Waals surface area contributed by atoms with E-state index in [1.807, 2.05) is 43.9 Å². The third-order valence-electron chi connectivity index (χ3n) is 6.82. The van der Waals surface area contributed by atoms with E-state index < -0.39 is 5.54 Å². The van der Waals surface area contributed by atoms with Gasteiger partial charge >= 0.3 is 6.03 Å². The van der Waals surface area contributed by atoms with Gasteiger partial charge in [-0.25, -0.2) is 24.1 Å². The van der Waals surface area contributed by atoms with Gasteiger partial charge in [0.05, 0.1) is 24.1 Å². The summed E-state index contributed by atoms with van der Waals surface area (Å²) in [4.78, 5) is 33.9. The molecule has 0 unspecified atom stereocenters. The number of hydrogen-bond acceptors (Lipinski definition) is 6. The molecule has 192 valence electrons. The maximum atomic E-state index is 13.3. The molecule has 1 aliphatic rings. The van der Waals surface area contributed by atoms with E-state index in [-0.39, 0.29) is 17.9 Å². The van der Waals surface area contributed by atoms with E-state index in [1.165, 1.54) is 12.1 Å². The molecule has 1 atom stereocenters. The van der Waals surface area contributed by atoms with Gasteiger partial charge in [0, 0.05) is 43.2 Å². The number of aromatic nitrogens is 4. The van der Waals surface area contributed by atoms with Gasteiger partial charge in [-0.15, -0.1) is 0 Å². The molecule has 5 rings (SSSR count). The van der Waals surface area contributed by atoms with Crippen LogP contribution in [-0.2, 0) is 0 Å². The number of rotatable bonds is 5. The molecule has 0 bridgehead atoms. The van der Waals surface area contributed by atoms with E-state index in [1.54, 1.807) is 31.8 Å². The number of benzene rings is 1. The first-order valence-electron chi connectivity index (χ1n) is 12.2. The first kappa shape index (κ1) is 24.5. The molecule has 1 aliphatic heterocycles. The predicted octanol–water partition coefficient (Wildman–Crippen LogP) is 4.54. The Kier molecular flexibility index (Phi) is 6.41. The second-order valence-electron chi connectivity index (χ2n) is 9.84. The number of carbonyl (C=O) groups excluding carboxylic acids is 1. The number of pyridine rings is 1. The molecule has 1 fully saturated rings. The van der Waals surface area contributed by atoms with Crippen LogP contribution in [0, 0.1) is 5.82 Å². The van der Waals surface area contributed by atoms with Crippen molar-refractivity contribution in [2.24, 2.45) is 0 Å². The van der Waals surface area contributed by atoms with E-state index in [2.05, 4.69) is 30.2 Å². The number of fused-ring (bicyclic) bond motifs is 1. The number of anilines is 1. The summed E-state index contributed by atoms with van der Waals surface area (Å²) in [7, 11) is 1.59. The smallest absolute Gasteiger partial charge is 0.318 e. The van der Waals surface area contributed by atoms with Crippen LogP contribution in [0.4, 0.5) is 15.0 Å². The molecule has 0 saturated carbocycles. The average Bonchev–Trinajstić information content (AvgIpc) is 3.33. The minimum Gasteiger partial charge on any atom is -0.481 e. The Balaban J connectivity index is 1.34. The van der Waals surface area contributed by atoms with Crippen molar-refractivity contribution >= 4 is 22.9 Å². The highest BCUT2D eigenvalue weighted by Crippen LogP contribution is 2.32. The highest BCUT2D eigenvalue weighted by Gasteiger charge is 2.38. The van der Waals surface area contributed by atoms with Crippen LogP contribution in [0.2, 0.25) is 0 Å². The molecule has 0 aliphatic carbocycles. The van der Waals surface area contributed by atoms with Crippen LogP contribution in [-0.4, -0.2) is 63.1 Å². The maximum absolute atomic E-state index is 13.3. The Hall–Kier alpha value is -4.21. The second-order valence-corrected chi connectivity index (χ2v) is 9.84. The molecule has 2 N–H and O–H groups in total. The fourth-order valence-corrected chi connectivity index (χ4v) is 4.83. The van der Waals surface area contributed by atoms with E-state index in [4.69, 9.17) is 4.74 Å². The summed E-state index contributed by atoms with van der Waals surface area (Å²) in [5.74, 6) is 1.06. The van der Waals surface area contributed by atoms with Crippen LogP contribution in [0.5, 0.6) is 5.88 Å². The number of H-pyrrole nitrogens is 1. The number of methoxy groups -OCH3 is 1. The molecule has 4 aromatic rings. The van der Waals surface area contributed by atoms with Gasteiger partial charge in [-0.05, 0) is 50.6 Å². The lowest BCUT2D eigenvalue weighted by Crippen LogP contribution is -2.63. The summed E-state index contributed by atoms with van der Waals surface area (Å²) in [5, 5.41) is 3.97. The van der Waals surface area contributed by atoms with Crippen molar-refractivity contribution in [2.45, 2.75) is 32.4 Å². The molecule has 3 aromatic heterocycles. The number of amides is 2. The lowest BCUT2D eigenvalue weighted by Gasteiger charge is -2.47. The lowest BCUT2D eigenvalue weighted by molar-refractivity contribution is 0.121. The highest BCUT2D eigenvalue weighted by atomic mass is 19.1. The topological polar surface area (TPSA) is 99.3 Å². The zero-order valence-corrected chi connectivity index (χ0v) is 21.3. The Morgan fingerprint density at radius 1 is 1.14 bits per heavy atom. The van der Waals surface area contributed by atoms with Crippen LogP contribution in [0.3, 0.4) is 0 Å². The van der Waals surface area contributed by atoms with Crippen molar-refractivity contribution < 1.29 is 13.9 Å². The zero-order valence-electron chi connectivity index (χ0n) is 21.3. The van der Waals surface area contributed by atoms with E-state index >= 15 is 0 Å². The molecule has 9 nitrogen and oxygen atoms in total. The molecule has 37 heavy (non-hydrogen) atoms. The Morgan fingerprint density at radius 3 is 2.65 bits per heavy atom. The van der Waals surface area contributed by atoms with Crippen molar-refractivity contribution in [3.8, 4) is 17.1 Å². The standard InChI is InChI=1S/C27H30FN7O2/c1-17(18-5-7-20(28)8-6-18)32-26(36)35-12-11-34(15-27(35,2)3)25-21-14-22(33-24(21)30-16-31-25)19-9-10-29-23(13-19)37-4/h5-10,13-14,16-17H,11-12,15H2,1-4H3,(H,32,36)(H,30,31,33)/t17-/m0/s1. The van der Waals surface area contributed by atoms with Crippen molar-refractivity contribution in [1.29, 1.82) is 0 Å². The molecule has 1 saturated heterocycles. The Labute approximate surface area is 214 Å². The normalized spacial score (nSPS) is 16.0. The molecular formula is C27H30FN7O2. The summed E-state index contributed by atoms with van der Waals surface area (Å²) in [6.45, 7) is 7.74. The summed E-state index contributed by atoms with van der Waals surface area (Å²) in [6.07, 6.45) is 3.26. The molecule has 0 spiro atoms. The van der Waals surface area contributed by atoms with Crippen molar-refractivity contribution in [3.05, 3.63) is 66.4 Å². The Bertz CT molecular complexity index is 1420. The van der Waals surface area contributed by atoms with Crippen LogP contribution >= 0.6 is 0 Å². The summed E-state index contributed by atoms with van der Waals surface area (Å²) in [6, 6.07) is 11.6. The van der Waals surface area contributed by atoms with Gasteiger partial charge in [-0.2, -0.15) is 0 Å². The number of nitrogens with one attached hydrogen (secondary N) is 2. The van der Waals surface area contributed by atoms with E-state index in [9.17, 15) is 9.18 Å². The van der Waals surface area contributed by atoms with Crippen molar-refractivity contribution in [2.75, 3.05) is 31.6 Å². The predicted molar refractivity (Wildman–Crippen MR) is 140 cm³/mol. The first-order chi connectivity index (χ1) is 17.7. The SMILES string of the molecule is COc1cc(-c2cc3c(N4CCN(C(=O)N[C@@H](C)c5ccc(F)cc5)C(C)(C)C4)ncnc3[nH]2)ccn1. The monoisotopic (exact) mass is 503 g/mol. The van der Waals surface area contributed by atoms with Crippen LogP contribution in [0.25, 0.3) is 22.3 Å². The van der Waals surface area contributed by atoms with Gasteiger partial charge in [-0.1, -0.05) is 12.1 Å². The third kappa shape index (κ3) is 4.91. The minimum atomic E-state index is -0.459. The van der Waals surface area contributed by atoms with E-state index in [0.29, 0.717) is 25.5 Å². The van der Waals surface area contributed by atoms with Crippen molar-refractivity contribution in [1.82, 2.24) is 30.2 Å². The minimum absolute atomic E-state index is 0.148. The van der Waals surface area contributed by atoms with E-state index in [0.717, 1.165) is 33.7 Å². The van der Waals surface area contributed by atoms with Crippen molar-refractivity contribution in [3.63, 3.8) is 0 Å². The van der Waals surface area contributed by atoms with Gasteiger partial charge < -0.3 is 24.8 Å². The molecular weight excluding hydrogens is 473 g/mol. The summed E-state index contributed by atoms with van der Waals surface area (Å²) >= 11 is 0. The summed E-state index contributed by atoms with van der Waals surface area (Å²) in [5.41, 5.74) is 2.96. The Morgan fingerprint density at radius 2 is 1.92 bits per heavy atom. The number of piperazine rings is 1. The fraction of sp³-hybridized carbons (Fsp3) is 0.333. The number of carbonyl (C=O) groups is 1. The molecule has 2 amide bonds. The van der Waals surface area contributed by atoms with Gasteiger partial charge in [-0.3, -0.25) is 0 Å². The van der Waals surface area contributed by atoms with Crippen LogP contribution in [0.1, 0.15) is 32.4 Å². The van der Waals surface area contributed by atoms with Gasteiger partial charge in [0.2, 0.25) is 5.88 Å². The average molecular weight is 504 g/mol. The number of nitrogens with zero attached hydrogens (tertiary/aromatic N) is 5. The number of ether oxygens (including phenoxy) is 1. The highest BCUT2D eigenvalue weighted by molar-refractivity contribution is 5.92. The van der Waals surface area contributed by atoms with Crippen LogP contribution in [0.15, 0.2) is 55.0 Å². The van der Waals surface area contributed by atoms with Gasteiger partial charge in [0.1, 0.15) is 23.6 Å². The fourth-order valence-electron chi connectivity index (χ4n) is 4.83. The number of aromatic amines is 1. The van der Waals surface area contributed by atoms with Crippen LogP contribution < -0.4 is 15.0 Å². The largest absolute Gasteiger partial charge is 0.481 e. The molecule has 0 radical (unpaired) electrons. The second kappa shape index (κ2) is 9.68. The number of halogens is 1. The maximum Gasteiger partial charge on any atom is 0.318 e. The third-order valence-corrected chi connectivity index (χ3v) is 6.82. The zero-order chi connectivity index (χ0) is 26.2. The summed E-state index contributed by atoms with van der Waals surface area (Å²) < 4.78 is 18.5. The number of urea groups is 1. The van der Waals surface area contributed by atoms with Gasteiger partial charge in [0.25, 0.3) is 0 Å². The quantitative estimate of drug-likeness (QED) is 0.415.